The summed E-state index contributed by atoms with van der Waals surface area (Å²) in [6, 6.07) is 3.80. The number of hydrogen-bond acceptors (Lipinski definition) is 3. The Morgan fingerprint density at radius 1 is 1.40 bits per heavy atom. The zero-order valence-electron chi connectivity index (χ0n) is 14.4. The van der Waals surface area contributed by atoms with Gasteiger partial charge in [-0.1, -0.05) is 25.8 Å². The molecule has 2 aliphatic rings. The Morgan fingerprint density at radius 2 is 2.16 bits per heavy atom. The lowest BCUT2D eigenvalue weighted by atomic mass is 9.73. The molecular weight excluding hydrogens is 325 g/mol. The molecule has 1 aromatic carbocycles. The van der Waals surface area contributed by atoms with Gasteiger partial charge in [0.2, 0.25) is 5.91 Å². The van der Waals surface area contributed by atoms with E-state index < -0.39 is 23.3 Å². The van der Waals surface area contributed by atoms with E-state index in [0.717, 1.165) is 24.2 Å². The molecule has 0 aromatic heterocycles. The number of nitrogens with one attached hydrogen (secondary N) is 2. The third-order valence-electron chi connectivity index (χ3n) is 5.26. The molecule has 0 bridgehead atoms. The average Bonchev–Trinajstić information content (AvgIpc) is 2.79. The summed E-state index contributed by atoms with van der Waals surface area (Å²) in [5.74, 6) is -1.26. The molecule has 1 aliphatic carbocycles. The first-order valence-electron chi connectivity index (χ1n) is 8.53. The number of imide groups is 1. The van der Waals surface area contributed by atoms with Gasteiger partial charge in [-0.15, -0.1) is 0 Å². The second-order valence-electron chi connectivity index (χ2n) is 6.95. The lowest BCUT2D eigenvalue weighted by Crippen LogP contribution is -2.54. The number of aryl methyl sites for hydroxylation is 1. The van der Waals surface area contributed by atoms with Crippen LogP contribution in [0.5, 0.6) is 0 Å². The fraction of sp³-hybridized carbons (Fsp3) is 0.500. The summed E-state index contributed by atoms with van der Waals surface area (Å²) in [7, 11) is 0. The molecule has 1 aromatic rings. The molecular formula is C18H22FN3O3. The predicted molar refractivity (Wildman–Crippen MR) is 90.4 cm³/mol. The molecule has 4 amide bonds. The Kier molecular flexibility index (Phi) is 4.49. The third-order valence-corrected chi connectivity index (χ3v) is 5.26. The number of urea groups is 1. The Hall–Kier alpha value is -2.44. The maximum atomic E-state index is 13.6. The van der Waals surface area contributed by atoms with Crippen molar-refractivity contribution in [1.82, 2.24) is 10.2 Å². The molecule has 1 spiro atoms. The van der Waals surface area contributed by atoms with Gasteiger partial charge >= 0.3 is 6.03 Å². The van der Waals surface area contributed by atoms with Gasteiger partial charge in [0.15, 0.2) is 0 Å². The molecule has 2 N–H and O–H groups in total. The summed E-state index contributed by atoms with van der Waals surface area (Å²) < 4.78 is 13.6. The highest BCUT2D eigenvalue weighted by Crippen LogP contribution is 2.38. The van der Waals surface area contributed by atoms with E-state index in [1.807, 2.05) is 6.92 Å². The molecule has 2 atom stereocenters. The number of benzene rings is 1. The minimum Gasteiger partial charge on any atom is -0.324 e. The van der Waals surface area contributed by atoms with E-state index >= 15 is 0 Å². The van der Waals surface area contributed by atoms with Crippen molar-refractivity contribution >= 4 is 23.5 Å². The smallest absolute Gasteiger partial charge is 0.324 e. The first-order chi connectivity index (χ1) is 11.8. The number of carbonyl (C=O) groups excluding carboxylic acids is 3. The van der Waals surface area contributed by atoms with Crippen LogP contribution in [-0.2, 0) is 9.59 Å². The van der Waals surface area contributed by atoms with Gasteiger partial charge < -0.3 is 10.6 Å². The highest BCUT2D eigenvalue weighted by molar-refractivity contribution is 6.10. The van der Waals surface area contributed by atoms with Crippen molar-refractivity contribution in [2.45, 2.75) is 45.1 Å². The van der Waals surface area contributed by atoms with Crippen LogP contribution < -0.4 is 10.6 Å². The second kappa shape index (κ2) is 6.46. The van der Waals surface area contributed by atoms with Crippen LogP contribution >= 0.6 is 0 Å². The Balaban J connectivity index is 1.69. The average molecular weight is 347 g/mol. The highest BCUT2D eigenvalue weighted by Gasteiger charge is 2.55. The van der Waals surface area contributed by atoms with Gasteiger partial charge in [0.05, 0.1) is 0 Å². The Labute approximate surface area is 145 Å². The number of carbonyl (C=O) groups is 3. The van der Waals surface area contributed by atoms with Crippen molar-refractivity contribution in [2.24, 2.45) is 5.92 Å². The van der Waals surface area contributed by atoms with Crippen LogP contribution in [0.25, 0.3) is 0 Å². The zero-order chi connectivity index (χ0) is 18.2. The molecule has 0 unspecified atom stereocenters. The summed E-state index contributed by atoms with van der Waals surface area (Å²) in [4.78, 5) is 38.2. The number of halogens is 1. The third kappa shape index (κ3) is 3.10. The van der Waals surface area contributed by atoms with E-state index in [1.165, 1.54) is 6.07 Å². The quantitative estimate of drug-likeness (QED) is 0.825. The first-order valence-corrected chi connectivity index (χ1v) is 8.53. The molecule has 7 heteroatoms. The highest BCUT2D eigenvalue weighted by atomic mass is 19.1. The van der Waals surface area contributed by atoms with Gasteiger partial charge in [-0.2, -0.15) is 0 Å². The van der Waals surface area contributed by atoms with E-state index in [4.69, 9.17) is 0 Å². The van der Waals surface area contributed by atoms with Crippen LogP contribution in [0.3, 0.4) is 0 Å². The Bertz CT molecular complexity index is 736. The molecule has 134 valence electrons. The molecule has 0 radical (unpaired) electrons. The second-order valence-corrected chi connectivity index (χ2v) is 6.95. The van der Waals surface area contributed by atoms with Crippen LogP contribution in [0, 0.1) is 18.7 Å². The normalized spacial score (nSPS) is 26.0. The SMILES string of the molecule is Cc1ccc(NC(=O)CN2C(=O)N[C@]3(CCCC[C@@H]3C)C2=O)cc1F. The van der Waals surface area contributed by atoms with Crippen molar-refractivity contribution in [1.29, 1.82) is 0 Å². The van der Waals surface area contributed by atoms with Crippen molar-refractivity contribution in [3.05, 3.63) is 29.6 Å². The minimum atomic E-state index is -0.883. The van der Waals surface area contributed by atoms with Gasteiger partial charge in [-0.3, -0.25) is 14.5 Å². The zero-order valence-corrected chi connectivity index (χ0v) is 14.4. The van der Waals surface area contributed by atoms with Gasteiger partial charge in [-0.25, -0.2) is 9.18 Å². The topological polar surface area (TPSA) is 78.5 Å². The van der Waals surface area contributed by atoms with Crippen LogP contribution in [0.2, 0.25) is 0 Å². The van der Waals surface area contributed by atoms with Crippen molar-refractivity contribution < 1.29 is 18.8 Å². The van der Waals surface area contributed by atoms with E-state index in [-0.39, 0.29) is 18.4 Å². The summed E-state index contributed by atoms with van der Waals surface area (Å²) >= 11 is 0. The molecule has 1 saturated carbocycles. The van der Waals surface area contributed by atoms with Gasteiger partial charge in [0.1, 0.15) is 17.9 Å². The van der Waals surface area contributed by atoms with Gasteiger partial charge in [0.25, 0.3) is 5.91 Å². The number of rotatable bonds is 3. The summed E-state index contributed by atoms with van der Waals surface area (Å²) in [5.41, 5.74) is -0.118. The summed E-state index contributed by atoms with van der Waals surface area (Å²) in [5, 5.41) is 5.33. The maximum absolute atomic E-state index is 13.6. The molecule has 3 rings (SSSR count). The fourth-order valence-corrected chi connectivity index (χ4v) is 3.65. The number of hydrogen-bond donors (Lipinski definition) is 2. The lowest BCUT2D eigenvalue weighted by Gasteiger charge is -2.36. The van der Waals surface area contributed by atoms with Crippen LogP contribution in [0.15, 0.2) is 18.2 Å². The summed E-state index contributed by atoms with van der Waals surface area (Å²) in [6.45, 7) is 3.20. The molecule has 2 fully saturated rings. The number of nitrogens with zero attached hydrogens (tertiary/aromatic N) is 1. The predicted octanol–water partition coefficient (Wildman–Crippen LogP) is 2.57. The van der Waals surface area contributed by atoms with Crippen molar-refractivity contribution in [3.63, 3.8) is 0 Å². The van der Waals surface area contributed by atoms with E-state index in [9.17, 15) is 18.8 Å². The van der Waals surface area contributed by atoms with E-state index in [1.54, 1.807) is 19.1 Å². The minimum absolute atomic E-state index is 0.0388. The van der Waals surface area contributed by atoms with E-state index in [0.29, 0.717) is 17.7 Å². The molecule has 6 nitrogen and oxygen atoms in total. The standard InChI is InChI=1S/C18H22FN3O3/c1-11-6-7-13(9-14(11)19)20-15(23)10-22-16(24)18(21-17(22)25)8-4-3-5-12(18)2/h6-7,9,12H,3-5,8,10H2,1-2H3,(H,20,23)(H,21,25)/t12-,18-/m0/s1. The summed E-state index contributed by atoms with van der Waals surface area (Å²) in [6.07, 6.45) is 3.37. The van der Waals surface area contributed by atoms with Crippen LogP contribution in [0.4, 0.5) is 14.9 Å². The van der Waals surface area contributed by atoms with Gasteiger partial charge in [-0.05, 0) is 43.4 Å². The van der Waals surface area contributed by atoms with Gasteiger partial charge in [0, 0.05) is 5.69 Å². The largest absolute Gasteiger partial charge is 0.325 e. The molecule has 1 aliphatic heterocycles. The maximum Gasteiger partial charge on any atom is 0.325 e. The van der Waals surface area contributed by atoms with Crippen LogP contribution in [0.1, 0.15) is 38.2 Å². The van der Waals surface area contributed by atoms with E-state index in [2.05, 4.69) is 10.6 Å². The number of anilines is 1. The molecule has 25 heavy (non-hydrogen) atoms. The van der Waals surface area contributed by atoms with Crippen molar-refractivity contribution in [2.75, 3.05) is 11.9 Å². The number of amides is 4. The van der Waals surface area contributed by atoms with Crippen LogP contribution in [-0.4, -0.2) is 34.8 Å². The van der Waals surface area contributed by atoms with Crippen molar-refractivity contribution in [3.8, 4) is 0 Å². The molecule has 1 heterocycles. The molecule has 1 saturated heterocycles. The first kappa shape index (κ1) is 17.4. The lowest BCUT2D eigenvalue weighted by molar-refractivity contribution is -0.136. The fourth-order valence-electron chi connectivity index (χ4n) is 3.65. The Morgan fingerprint density at radius 3 is 2.84 bits per heavy atom. The monoisotopic (exact) mass is 347 g/mol.